The zero-order valence-corrected chi connectivity index (χ0v) is 12.2. The summed E-state index contributed by atoms with van der Waals surface area (Å²) in [5.41, 5.74) is 0.936. The molecule has 5 heteroatoms. The summed E-state index contributed by atoms with van der Waals surface area (Å²) < 4.78 is 13.4. The first kappa shape index (κ1) is 15.3. The van der Waals surface area contributed by atoms with Gasteiger partial charge in [-0.2, -0.15) is 0 Å². The summed E-state index contributed by atoms with van der Waals surface area (Å²) >= 11 is 1.12. The highest BCUT2D eigenvalue weighted by molar-refractivity contribution is 8.00. The van der Waals surface area contributed by atoms with Crippen LogP contribution in [-0.2, 0) is 4.79 Å². The van der Waals surface area contributed by atoms with Crippen LogP contribution >= 0.6 is 11.8 Å². The zero-order chi connectivity index (χ0) is 15.2. The Bertz CT molecular complexity index is 673. The highest BCUT2D eigenvalue weighted by atomic mass is 32.2. The first-order valence-corrected chi connectivity index (χ1v) is 7.33. The van der Waals surface area contributed by atoms with Gasteiger partial charge in [-0.05, 0) is 31.2 Å². The fraction of sp³-hybridized carbons (Fsp3) is 0.125. The third-order valence-electron chi connectivity index (χ3n) is 2.78. The molecular formula is C16H14FNO2S. The SMILES string of the molecule is CC(=O)c1ccccc1NC(=O)CSc1ccccc1F. The van der Waals surface area contributed by atoms with Gasteiger partial charge in [-0.3, -0.25) is 9.59 Å². The number of benzene rings is 2. The van der Waals surface area contributed by atoms with Crippen LogP contribution in [0, 0.1) is 5.82 Å². The van der Waals surface area contributed by atoms with E-state index in [-0.39, 0.29) is 23.3 Å². The number of ketones is 1. The quantitative estimate of drug-likeness (QED) is 0.676. The number of rotatable bonds is 5. The number of carbonyl (C=O) groups is 2. The van der Waals surface area contributed by atoms with Gasteiger partial charge in [0.1, 0.15) is 5.82 Å². The fourth-order valence-corrected chi connectivity index (χ4v) is 2.53. The Balaban J connectivity index is 2.00. The van der Waals surface area contributed by atoms with Gasteiger partial charge in [0.25, 0.3) is 0 Å². The lowest BCUT2D eigenvalue weighted by Gasteiger charge is -2.09. The highest BCUT2D eigenvalue weighted by Gasteiger charge is 2.10. The molecule has 0 atom stereocenters. The van der Waals surface area contributed by atoms with Gasteiger partial charge in [0, 0.05) is 10.5 Å². The van der Waals surface area contributed by atoms with Crippen LogP contribution in [-0.4, -0.2) is 17.4 Å². The average Bonchev–Trinajstić information content (AvgIpc) is 2.47. The Kier molecular flexibility index (Phi) is 5.11. The number of thioether (sulfide) groups is 1. The number of hydrogen-bond donors (Lipinski definition) is 1. The summed E-state index contributed by atoms with van der Waals surface area (Å²) in [6.45, 7) is 1.44. The third kappa shape index (κ3) is 4.16. The summed E-state index contributed by atoms with van der Waals surface area (Å²) in [5, 5.41) is 2.68. The maximum atomic E-state index is 13.4. The Morgan fingerprint density at radius 3 is 2.48 bits per heavy atom. The van der Waals surface area contributed by atoms with Crippen LogP contribution in [0.15, 0.2) is 53.4 Å². The largest absolute Gasteiger partial charge is 0.325 e. The Morgan fingerprint density at radius 1 is 1.10 bits per heavy atom. The Labute approximate surface area is 126 Å². The van der Waals surface area contributed by atoms with Crippen molar-refractivity contribution in [2.75, 3.05) is 11.1 Å². The number of Topliss-reactive ketones (excluding diaryl/α,β-unsaturated/α-hetero) is 1. The Hall–Kier alpha value is -2.14. The lowest BCUT2D eigenvalue weighted by Crippen LogP contribution is -2.16. The first-order chi connectivity index (χ1) is 10.1. The van der Waals surface area contributed by atoms with Crippen molar-refractivity contribution in [2.45, 2.75) is 11.8 Å². The molecule has 0 radical (unpaired) electrons. The second-order valence-corrected chi connectivity index (χ2v) is 5.39. The van der Waals surface area contributed by atoms with Crippen LogP contribution in [0.4, 0.5) is 10.1 Å². The summed E-state index contributed by atoms with van der Waals surface area (Å²) in [6.07, 6.45) is 0. The van der Waals surface area contributed by atoms with Gasteiger partial charge < -0.3 is 5.32 Å². The van der Waals surface area contributed by atoms with Gasteiger partial charge in [0.15, 0.2) is 5.78 Å². The minimum Gasteiger partial charge on any atom is -0.325 e. The van der Waals surface area contributed by atoms with Crippen molar-refractivity contribution in [3.8, 4) is 0 Å². The number of amides is 1. The van der Waals surface area contributed by atoms with E-state index >= 15 is 0 Å². The van der Waals surface area contributed by atoms with Gasteiger partial charge in [0.05, 0.1) is 11.4 Å². The predicted octanol–water partition coefficient (Wildman–Crippen LogP) is 3.76. The van der Waals surface area contributed by atoms with Crippen molar-refractivity contribution in [3.63, 3.8) is 0 Å². The third-order valence-corrected chi connectivity index (χ3v) is 3.82. The molecule has 2 aromatic carbocycles. The standard InChI is InChI=1S/C16H14FNO2S/c1-11(19)12-6-2-4-8-14(12)18-16(20)10-21-15-9-5-3-7-13(15)17/h2-9H,10H2,1H3,(H,18,20). The minimum absolute atomic E-state index is 0.0766. The molecule has 2 aromatic rings. The molecule has 0 saturated carbocycles. The van der Waals surface area contributed by atoms with Crippen molar-refractivity contribution in [3.05, 3.63) is 59.9 Å². The molecule has 1 N–H and O–H groups in total. The van der Waals surface area contributed by atoms with E-state index in [0.29, 0.717) is 16.1 Å². The van der Waals surface area contributed by atoms with Crippen LogP contribution < -0.4 is 5.32 Å². The number of carbonyl (C=O) groups excluding carboxylic acids is 2. The lowest BCUT2D eigenvalue weighted by atomic mass is 10.1. The molecule has 0 aliphatic rings. The summed E-state index contributed by atoms with van der Waals surface area (Å²) in [5.74, 6) is -0.670. The average molecular weight is 303 g/mol. The molecular weight excluding hydrogens is 289 g/mol. The number of para-hydroxylation sites is 1. The molecule has 0 aromatic heterocycles. The maximum absolute atomic E-state index is 13.4. The topological polar surface area (TPSA) is 46.2 Å². The van der Waals surface area contributed by atoms with Gasteiger partial charge in [-0.25, -0.2) is 4.39 Å². The molecule has 0 aliphatic carbocycles. The minimum atomic E-state index is -0.348. The predicted molar refractivity (Wildman–Crippen MR) is 82.2 cm³/mol. The van der Waals surface area contributed by atoms with E-state index in [4.69, 9.17) is 0 Å². The van der Waals surface area contributed by atoms with E-state index in [9.17, 15) is 14.0 Å². The molecule has 0 unspecified atom stereocenters. The van der Waals surface area contributed by atoms with Crippen molar-refractivity contribution >= 4 is 29.1 Å². The van der Waals surface area contributed by atoms with E-state index in [1.165, 1.54) is 13.0 Å². The van der Waals surface area contributed by atoms with Crippen LogP contribution in [0.25, 0.3) is 0 Å². The van der Waals surface area contributed by atoms with Crippen LogP contribution in [0.5, 0.6) is 0 Å². The second kappa shape index (κ2) is 7.04. The molecule has 0 spiro atoms. The zero-order valence-electron chi connectivity index (χ0n) is 11.4. The molecule has 1 amide bonds. The molecule has 2 rings (SSSR count). The van der Waals surface area contributed by atoms with Crippen molar-refractivity contribution in [1.29, 1.82) is 0 Å². The van der Waals surface area contributed by atoms with Gasteiger partial charge in [-0.15, -0.1) is 11.8 Å². The summed E-state index contributed by atoms with van der Waals surface area (Å²) in [4.78, 5) is 23.8. The molecule has 0 bridgehead atoms. The van der Waals surface area contributed by atoms with E-state index in [1.54, 1.807) is 42.5 Å². The molecule has 0 aliphatic heterocycles. The number of hydrogen-bond acceptors (Lipinski definition) is 3. The lowest BCUT2D eigenvalue weighted by molar-refractivity contribution is -0.113. The normalized spacial score (nSPS) is 10.2. The second-order valence-electron chi connectivity index (χ2n) is 4.37. The smallest absolute Gasteiger partial charge is 0.234 e. The van der Waals surface area contributed by atoms with E-state index in [1.807, 2.05) is 0 Å². The van der Waals surface area contributed by atoms with Crippen molar-refractivity contribution < 1.29 is 14.0 Å². The van der Waals surface area contributed by atoms with Crippen LogP contribution in [0.1, 0.15) is 17.3 Å². The van der Waals surface area contributed by atoms with Gasteiger partial charge in [0.2, 0.25) is 5.91 Å². The maximum Gasteiger partial charge on any atom is 0.234 e. The number of anilines is 1. The monoisotopic (exact) mass is 303 g/mol. The molecule has 3 nitrogen and oxygen atoms in total. The molecule has 0 saturated heterocycles. The van der Waals surface area contributed by atoms with Crippen LogP contribution in [0.2, 0.25) is 0 Å². The summed E-state index contributed by atoms with van der Waals surface area (Å²) in [7, 11) is 0. The van der Waals surface area contributed by atoms with E-state index < -0.39 is 0 Å². The molecule has 0 fully saturated rings. The molecule has 0 heterocycles. The van der Waals surface area contributed by atoms with Gasteiger partial charge >= 0.3 is 0 Å². The van der Waals surface area contributed by atoms with Crippen molar-refractivity contribution in [2.24, 2.45) is 0 Å². The Morgan fingerprint density at radius 2 is 1.76 bits per heavy atom. The highest BCUT2D eigenvalue weighted by Crippen LogP contribution is 2.22. The van der Waals surface area contributed by atoms with Crippen molar-refractivity contribution in [1.82, 2.24) is 0 Å². The number of nitrogens with one attached hydrogen (secondary N) is 1. The van der Waals surface area contributed by atoms with E-state index in [2.05, 4.69) is 5.32 Å². The first-order valence-electron chi connectivity index (χ1n) is 6.35. The van der Waals surface area contributed by atoms with E-state index in [0.717, 1.165) is 11.8 Å². The molecule has 108 valence electrons. The van der Waals surface area contributed by atoms with Crippen LogP contribution in [0.3, 0.4) is 0 Å². The number of halogens is 1. The summed E-state index contributed by atoms with van der Waals surface area (Å²) in [6, 6.07) is 13.1. The van der Waals surface area contributed by atoms with Gasteiger partial charge in [-0.1, -0.05) is 24.3 Å². The molecule has 21 heavy (non-hydrogen) atoms. The fourth-order valence-electron chi connectivity index (χ4n) is 1.79.